The van der Waals surface area contributed by atoms with Crippen LogP contribution in [-0.4, -0.2) is 40.8 Å². The number of aromatic nitrogens is 1. The molecule has 3 rings (SSSR count). The van der Waals surface area contributed by atoms with Gasteiger partial charge in [0.1, 0.15) is 6.04 Å². The van der Waals surface area contributed by atoms with Crippen LogP contribution < -0.4 is 0 Å². The maximum absolute atomic E-state index is 11.7. The molecule has 0 bridgehead atoms. The topological polar surface area (TPSA) is 92.9 Å². The first-order valence-electron chi connectivity index (χ1n) is 7.18. The molecule has 1 aromatic heterocycles. The van der Waals surface area contributed by atoms with Crippen LogP contribution in [0.2, 0.25) is 0 Å². The molecule has 1 N–H and O–H groups in total. The van der Waals surface area contributed by atoms with E-state index in [1.54, 1.807) is 4.90 Å². The number of ether oxygens (including phenoxy) is 1. The zero-order valence-corrected chi connectivity index (χ0v) is 12.6. The van der Waals surface area contributed by atoms with Crippen molar-refractivity contribution in [2.45, 2.75) is 19.0 Å². The van der Waals surface area contributed by atoms with Crippen molar-refractivity contribution in [2.24, 2.45) is 0 Å². The zero-order valence-electron chi connectivity index (χ0n) is 12.6. The molecule has 23 heavy (non-hydrogen) atoms. The molecule has 7 nitrogen and oxygen atoms in total. The lowest BCUT2D eigenvalue weighted by Gasteiger charge is -2.33. The van der Waals surface area contributed by atoms with Gasteiger partial charge < -0.3 is 14.4 Å². The van der Waals surface area contributed by atoms with Crippen molar-refractivity contribution in [2.75, 3.05) is 13.7 Å². The number of carbonyl (C=O) groups is 2. The minimum Gasteiger partial charge on any atom is -0.480 e. The lowest BCUT2D eigenvalue weighted by Crippen LogP contribution is -2.39. The highest BCUT2D eigenvalue weighted by atomic mass is 16.5. The Morgan fingerprint density at radius 1 is 1.43 bits per heavy atom. The number of benzene rings is 1. The summed E-state index contributed by atoms with van der Waals surface area (Å²) in [5.74, 6) is -1.07. The first-order valence-corrected chi connectivity index (χ1v) is 7.18. The molecular weight excluding hydrogens is 300 g/mol. The van der Waals surface area contributed by atoms with Gasteiger partial charge in [0.2, 0.25) is 0 Å². The fourth-order valence-electron chi connectivity index (χ4n) is 2.87. The van der Waals surface area contributed by atoms with Crippen LogP contribution in [0.1, 0.15) is 33.4 Å². The van der Waals surface area contributed by atoms with Crippen molar-refractivity contribution in [1.29, 1.82) is 0 Å². The normalized spacial score (nSPS) is 17.5. The van der Waals surface area contributed by atoms with Crippen LogP contribution in [-0.2, 0) is 22.5 Å². The number of esters is 1. The van der Waals surface area contributed by atoms with Crippen LogP contribution in [0.25, 0.3) is 0 Å². The van der Waals surface area contributed by atoms with E-state index in [1.807, 2.05) is 24.3 Å². The van der Waals surface area contributed by atoms with Crippen LogP contribution >= 0.6 is 0 Å². The number of hydrogen-bond acceptors (Lipinski definition) is 6. The second-order valence-corrected chi connectivity index (χ2v) is 5.33. The molecule has 0 spiro atoms. The van der Waals surface area contributed by atoms with Gasteiger partial charge in [0.05, 0.1) is 13.7 Å². The van der Waals surface area contributed by atoms with Gasteiger partial charge in [-0.15, -0.1) is 0 Å². The number of methoxy groups -OCH3 is 1. The molecule has 120 valence electrons. The third-order valence-electron chi connectivity index (χ3n) is 3.93. The summed E-state index contributed by atoms with van der Waals surface area (Å²) < 4.78 is 9.70. The van der Waals surface area contributed by atoms with Crippen molar-refractivity contribution in [1.82, 2.24) is 10.1 Å². The fourth-order valence-corrected chi connectivity index (χ4v) is 2.87. The van der Waals surface area contributed by atoms with E-state index in [4.69, 9.17) is 4.52 Å². The summed E-state index contributed by atoms with van der Waals surface area (Å²) in [7, 11) is 1.26. The van der Waals surface area contributed by atoms with Crippen LogP contribution in [0.4, 0.5) is 0 Å². The predicted octanol–water partition coefficient (Wildman–Crippen LogP) is 1.65. The minimum absolute atomic E-state index is 0.0757. The fraction of sp³-hybridized carbons (Fsp3) is 0.312. The highest BCUT2D eigenvalue weighted by Crippen LogP contribution is 2.31. The summed E-state index contributed by atoms with van der Waals surface area (Å²) in [4.78, 5) is 24.9. The van der Waals surface area contributed by atoms with E-state index >= 15 is 0 Å². The molecule has 1 unspecified atom stereocenters. The van der Waals surface area contributed by atoms with Gasteiger partial charge in [0.25, 0.3) is 0 Å². The van der Waals surface area contributed by atoms with Crippen molar-refractivity contribution in [3.8, 4) is 0 Å². The average molecular weight is 316 g/mol. The Morgan fingerprint density at radius 3 is 2.96 bits per heavy atom. The summed E-state index contributed by atoms with van der Waals surface area (Å²) >= 11 is 0. The molecule has 0 radical (unpaired) electrons. The number of carboxylic acids is 1. The number of carbonyl (C=O) groups excluding carboxylic acids is 1. The molecule has 1 aliphatic heterocycles. The first kappa shape index (κ1) is 15.2. The number of nitrogens with zero attached hydrogens (tertiary/aromatic N) is 2. The smallest absolute Gasteiger partial charge is 0.360 e. The van der Waals surface area contributed by atoms with Gasteiger partial charge in [-0.3, -0.25) is 9.69 Å². The van der Waals surface area contributed by atoms with Crippen LogP contribution in [0.3, 0.4) is 0 Å². The number of hydrogen-bond donors (Lipinski definition) is 1. The van der Waals surface area contributed by atoms with Crippen LogP contribution in [0.15, 0.2) is 34.9 Å². The highest BCUT2D eigenvalue weighted by Gasteiger charge is 2.33. The SMILES string of the molecule is COC(=O)c1cc(CN2CCc3ccccc3C2C(=O)O)on1. The third kappa shape index (κ3) is 2.95. The van der Waals surface area contributed by atoms with E-state index in [0.29, 0.717) is 12.3 Å². The summed E-state index contributed by atoms with van der Waals surface area (Å²) in [6, 6.07) is 8.26. The van der Waals surface area contributed by atoms with Crippen LogP contribution in [0, 0.1) is 0 Å². The average Bonchev–Trinajstić information content (AvgIpc) is 3.02. The largest absolute Gasteiger partial charge is 0.480 e. The number of carboxylic acid groups (broad SMARTS) is 1. The Bertz CT molecular complexity index is 740. The maximum atomic E-state index is 11.7. The lowest BCUT2D eigenvalue weighted by molar-refractivity contribution is -0.144. The van der Waals surface area contributed by atoms with Crippen molar-refractivity contribution in [3.63, 3.8) is 0 Å². The van der Waals surface area contributed by atoms with Gasteiger partial charge >= 0.3 is 11.9 Å². The van der Waals surface area contributed by atoms with E-state index < -0.39 is 18.0 Å². The molecule has 1 aliphatic rings. The Hall–Kier alpha value is -2.67. The Balaban J connectivity index is 1.84. The molecule has 1 aromatic carbocycles. The van der Waals surface area contributed by atoms with E-state index in [9.17, 15) is 14.7 Å². The van der Waals surface area contributed by atoms with Gasteiger partial charge in [0, 0.05) is 12.6 Å². The molecule has 0 aliphatic carbocycles. The number of aliphatic carboxylic acids is 1. The molecule has 2 heterocycles. The molecular formula is C16H16N2O5. The van der Waals surface area contributed by atoms with E-state index in [1.165, 1.54) is 13.2 Å². The van der Waals surface area contributed by atoms with Crippen LogP contribution in [0.5, 0.6) is 0 Å². The van der Waals surface area contributed by atoms with Crippen molar-refractivity contribution in [3.05, 3.63) is 52.9 Å². The monoisotopic (exact) mass is 316 g/mol. The van der Waals surface area contributed by atoms with Gasteiger partial charge in [0.15, 0.2) is 11.5 Å². The Labute approximate surface area is 132 Å². The van der Waals surface area contributed by atoms with Crippen molar-refractivity contribution < 1.29 is 24.0 Å². The Kier molecular flexibility index (Phi) is 4.12. The summed E-state index contributed by atoms with van der Waals surface area (Å²) in [5.41, 5.74) is 1.91. The maximum Gasteiger partial charge on any atom is 0.360 e. The van der Waals surface area contributed by atoms with E-state index in [0.717, 1.165) is 17.5 Å². The van der Waals surface area contributed by atoms with E-state index in [-0.39, 0.29) is 12.2 Å². The lowest BCUT2D eigenvalue weighted by atomic mass is 9.92. The quantitative estimate of drug-likeness (QED) is 0.857. The molecule has 0 saturated carbocycles. The molecule has 7 heteroatoms. The van der Waals surface area contributed by atoms with Gasteiger partial charge in [-0.05, 0) is 17.5 Å². The molecule has 0 fully saturated rings. The summed E-state index contributed by atoms with van der Waals surface area (Å²) in [6.07, 6.45) is 0.762. The zero-order chi connectivity index (χ0) is 16.4. The summed E-state index contributed by atoms with van der Waals surface area (Å²) in [6.45, 7) is 0.845. The molecule has 0 saturated heterocycles. The summed E-state index contributed by atoms with van der Waals surface area (Å²) in [5, 5.41) is 13.2. The first-order chi connectivity index (χ1) is 11.1. The Morgan fingerprint density at radius 2 is 2.22 bits per heavy atom. The predicted molar refractivity (Wildman–Crippen MR) is 78.8 cm³/mol. The third-order valence-corrected chi connectivity index (χ3v) is 3.93. The number of fused-ring (bicyclic) bond motifs is 1. The van der Waals surface area contributed by atoms with Gasteiger partial charge in [-0.25, -0.2) is 4.79 Å². The van der Waals surface area contributed by atoms with Gasteiger partial charge in [-0.1, -0.05) is 29.4 Å². The molecule has 0 amide bonds. The molecule has 2 aromatic rings. The second-order valence-electron chi connectivity index (χ2n) is 5.33. The van der Waals surface area contributed by atoms with E-state index in [2.05, 4.69) is 9.89 Å². The molecule has 1 atom stereocenters. The highest BCUT2D eigenvalue weighted by molar-refractivity contribution is 5.86. The minimum atomic E-state index is -0.912. The standard InChI is InChI=1S/C16H16N2O5/c1-22-16(21)13-8-11(23-17-13)9-18-7-6-10-4-2-3-5-12(10)14(18)15(19)20/h2-5,8,14H,6-7,9H2,1H3,(H,19,20). The van der Waals surface area contributed by atoms with Gasteiger partial charge in [-0.2, -0.15) is 0 Å². The number of rotatable bonds is 4. The van der Waals surface area contributed by atoms with Crippen molar-refractivity contribution >= 4 is 11.9 Å². The second kappa shape index (κ2) is 6.21.